The van der Waals surface area contributed by atoms with Gasteiger partial charge < -0.3 is 16.8 Å². The molecular formula is C15H14BrN3O2. The number of amides is 2. The van der Waals surface area contributed by atoms with Gasteiger partial charge in [-0.3, -0.25) is 9.59 Å². The molecule has 5 nitrogen and oxygen atoms in total. The molecule has 2 aromatic carbocycles. The third kappa shape index (κ3) is 3.82. The van der Waals surface area contributed by atoms with Gasteiger partial charge in [-0.1, -0.05) is 18.2 Å². The fourth-order valence-electron chi connectivity index (χ4n) is 1.89. The summed E-state index contributed by atoms with van der Waals surface area (Å²) in [6.45, 7) is 0. The molecule has 0 fully saturated rings. The number of primary amides is 1. The number of halogens is 1. The summed E-state index contributed by atoms with van der Waals surface area (Å²) in [6, 6.07) is 12.0. The summed E-state index contributed by atoms with van der Waals surface area (Å²) in [5, 5.41) is 2.77. The van der Waals surface area contributed by atoms with Gasteiger partial charge >= 0.3 is 0 Å². The molecule has 0 radical (unpaired) electrons. The van der Waals surface area contributed by atoms with Gasteiger partial charge in [0.1, 0.15) is 0 Å². The second-order valence-corrected chi connectivity index (χ2v) is 5.35. The van der Waals surface area contributed by atoms with E-state index in [0.717, 1.165) is 0 Å². The van der Waals surface area contributed by atoms with Gasteiger partial charge in [0.05, 0.1) is 12.0 Å². The van der Waals surface area contributed by atoms with Crippen molar-refractivity contribution in [2.24, 2.45) is 5.73 Å². The molecular weight excluding hydrogens is 334 g/mol. The average molecular weight is 348 g/mol. The van der Waals surface area contributed by atoms with Gasteiger partial charge in [0, 0.05) is 15.8 Å². The van der Waals surface area contributed by atoms with Crippen LogP contribution >= 0.6 is 15.9 Å². The number of rotatable bonds is 4. The van der Waals surface area contributed by atoms with Crippen molar-refractivity contribution in [1.29, 1.82) is 0 Å². The minimum absolute atomic E-state index is 0.0640. The predicted molar refractivity (Wildman–Crippen MR) is 85.8 cm³/mol. The Morgan fingerprint density at radius 2 is 1.86 bits per heavy atom. The Morgan fingerprint density at radius 1 is 1.14 bits per heavy atom. The molecule has 0 saturated carbocycles. The van der Waals surface area contributed by atoms with Gasteiger partial charge in [0.15, 0.2) is 0 Å². The van der Waals surface area contributed by atoms with Crippen molar-refractivity contribution in [2.75, 3.05) is 11.1 Å². The first-order valence-electron chi connectivity index (χ1n) is 6.20. The molecule has 0 aromatic heterocycles. The molecule has 108 valence electrons. The molecule has 0 atom stereocenters. The fraction of sp³-hybridized carbons (Fsp3) is 0.0667. The van der Waals surface area contributed by atoms with Crippen molar-refractivity contribution in [1.82, 2.24) is 0 Å². The molecule has 0 aliphatic rings. The smallest absolute Gasteiger partial charge is 0.256 e. The maximum atomic E-state index is 12.3. The Bertz CT molecular complexity index is 701. The Hall–Kier alpha value is -2.34. The standard InChI is InChI=1S/C15H14BrN3O2/c16-12-6-5-10(17)8-11(12)15(21)19-13-4-2-1-3-9(13)7-14(18)20/h1-6,8H,7,17H2,(H2,18,20)(H,19,21). The van der Waals surface area contributed by atoms with E-state index in [0.29, 0.717) is 27.0 Å². The zero-order valence-electron chi connectivity index (χ0n) is 11.1. The second-order valence-electron chi connectivity index (χ2n) is 4.49. The predicted octanol–water partition coefficient (Wildman–Crippen LogP) is 2.31. The van der Waals surface area contributed by atoms with Crippen LogP contribution in [0.2, 0.25) is 0 Å². The summed E-state index contributed by atoms with van der Waals surface area (Å²) in [5.74, 6) is -0.770. The number of nitrogens with two attached hydrogens (primary N) is 2. The summed E-state index contributed by atoms with van der Waals surface area (Å²) < 4.78 is 0.640. The maximum absolute atomic E-state index is 12.3. The number of hydrogen-bond acceptors (Lipinski definition) is 3. The minimum atomic E-state index is -0.457. The lowest BCUT2D eigenvalue weighted by molar-refractivity contribution is -0.117. The van der Waals surface area contributed by atoms with E-state index in [4.69, 9.17) is 11.5 Å². The molecule has 21 heavy (non-hydrogen) atoms. The highest BCUT2D eigenvalue weighted by Gasteiger charge is 2.13. The summed E-state index contributed by atoms with van der Waals surface area (Å²) in [7, 11) is 0. The van der Waals surface area contributed by atoms with Gasteiger partial charge in [-0.05, 0) is 45.8 Å². The highest BCUT2D eigenvalue weighted by Crippen LogP contribution is 2.22. The fourth-order valence-corrected chi connectivity index (χ4v) is 2.32. The first-order chi connectivity index (χ1) is 9.97. The Kier molecular flexibility index (Phi) is 4.59. The number of benzene rings is 2. The molecule has 6 heteroatoms. The zero-order chi connectivity index (χ0) is 15.4. The third-order valence-corrected chi connectivity index (χ3v) is 3.56. The largest absolute Gasteiger partial charge is 0.399 e. The van der Waals surface area contributed by atoms with E-state index < -0.39 is 5.91 Å². The first-order valence-corrected chi connectivity index (χ1v) is 6.99. The topological polar surface area (TPSA) is 98.2 Å². The van der Waals surface area contributed by atoms with E-state index in [-0.39, 0.29) is 12.3 Å². The average Bonchev–Trinajstić information content (AvgIpc) is 2.43. The molecule has 2 amide bonds. The minimum Gasteiger partial charge on any atom is -0.399 e. The van der Waals surface area contributed by atoms with Crippen molar-refractivity contribution >= 4 is 39.1 Å². The van der Waals surface area contributed by atoms with Crippen LogP contribution in [-0.2, 0) is 11.2 Å². The Morgan fingerprint density at radius 3 is 2.57 bits per heavy atom. The number of carbonyl (C=O) groups excluding carboxylic acids is 2. The van der Waals surface area contributed by atoms with Crippen LogP contribution in [0.15, 0.2) is 46.9 Å². The summed E-state index contributed by atoms with van der Waals surface area (Å²) in [5.41, 5.74) is 13.0. The lowest BCUT2D eigenvalue weighted by Crippen LogP contribution is -2.18. The van der Waals surface area contributed by atoms with Gasteiger partial charge in [-0.15, -0.1) is 0 Å². The molecule has 0 aliphatic heterocycles. The molecule has 0 aliphatic carbocycles. The van der Waals surface area contributed by atoms with Crippen LogP contribution in [0.5, 0.6) is 0 Å². The van der Waals surface area contributed by atoms with Crippen molar-refractivity contribution in [3.63, 3.8) is 0 Å². The SMILES string of the molecule is NC(=O)Cc1ccccc1NC(=O)c1cc(N)ccc1Br. The highest BCUT2D eigenvalue weighted by molar-refractivity contribution is 9.10. The van der Waals surface area contributed by atoms with Gasteiger partial charge in [0.2, 0.25) is 5.91 Å². The highest BCUT2D eigenvalue weighted by atomic mass is 79.9. The molecule has 2 rings (SSSR count). The second kappa shape index (κ2) is 6.41. The molecule has 0 saturated heterocycles. The van der Waals surface area contributed by atoms with E-state index in [1.54, 1.807) is 42.5 Å². The maximum Gasteiger partial charge on any atom is 0.256 e. The normalized spacial score (nSPS) is 10.1. The Labute approximate surface area is 130 Å². The number of anilines is 2. The van der Waals surface area contributed by atoms with Gasteiger partial charge in [0.25, 0.3) is 5.91 Å². The van der Waals surface area contributed by atoms with Crippen molar-refractivity contribution in [2.45, 2.75) is 6.42 Å². The van der Waals surface area contributed by atoms with Crippen LogP contribution in [0.4, 0.5) is 11.4 Å². The van der Waals surface area contributed by atoms with Crippen molar-refractivity contribution in [3.05, 3.63) is 58.1 Å². The van der Waals surface area contributed by atoms with Crippen LogP contribution in [0.3, 0.4) is 0 Å². The molecule has 0 unspecified atom stereocenters. The van der Waals surface area contributed by atoms with E-state index >= 15 is 0 Å². The van der Waals surface area contributed by atoms with Crippen LogP contribution in [0.25, 0.3) is 0 Å². The quantitative estimate of drug-likeness (QED) is 0.740. The lowest BCUT2D eigenvalue weighted by Gasteiger charge is -2.11. The van der Waals surface area contributed by atoms with Crippen molar-refractivity contribution in [3.8, 4) is 0 Å². The molecule has 0 spiro atoms. The van der Waals surface area contributed by atoms with Gasteiger partial charge in [-0.2, -0.15) is 0 Å². The van der Waals surface area contributed by atoms with Crippen LogP contribution in [0, 0.1) is 0 Å². The summed E-state index contributed by atoms with van der Waals surface area (Å²) >= 11 is 3.31. The van der Waals surface area contributed by atoms with E-state index in [2.05, 4.69) is 21.2 Å². The molecule has 5 N–H and O–H groups in total. The van der Waals surface area contributed by atoms with Crippen LogP contribution in [0.1, 0.15) is 15.9 Å². The summed E-state index contributed by atoms with van der Waals surface area (Å²) in [4.78, 5) is 23.4. The molecule has 0 bridgehead atoms. The zero-order valence-corrected chi connectivity index (χ0v) is 12.7. The number of carbonyl (C=O) groups is 2. The van der Waals surface area contributed by atoms with E-state index in [1.165, 1.54) is 0 Å². The van der Waals surface area contributed by atoms with Crippen molar-refractivity contribution < 1.29 is 9.59 Å². The lowest BCUT2D eigenvalue weighted by atomic mass is 10.1. The van der Waals surface area contributed by atoms with Gasteiger partial charge in [-0.25, -0.2) is 0 Å². The third-order valence-electron chi connectivity index (χ3n) is 2.87. The summed E-state index contributed by atoms with van der Waals surface area (Å²) in [6.07, 6.45) is 0.0640. The molecule has 2 aromatic rings. The number of para-hydroxylation sites is 1. The van der Waals surface area contributed by atoms with E-state index in [9.17, 15) is 9.59 Å². The van der Waals surface area contributed by atoms with E-state index in [1.807, 2.05) is 0 Å². The number of hydrogen-bond donors (Lipinski definition) is 3. The Balaban J connectivity index is 2.27. The number of nitrogens with one attached hydrogen (secondary N) is 1. The monoisotopic (exact) mass is 347 g/mol. The first kappa shape index (κ1) is 15.1. The van der Waals surface area contributed by atoms with Crippen LogP contribution in [-0.4, -0.2) is 11.8 Å². The molecule has 0 heterocycles. The number of nitrogen functional groups attached to an aromatic ring is 1. The van der Waals surface area contributed by atoms with Crippen LogP contribution < -0.4 is 16.8 Å².